The molecule has 2 aromatic carbocycles. The molecule has 2 saturated carbocycles. The first-order chi connectivity index (χ1) is 19.0. The van der Waals surface area contributed by atoms with Gasteiger partial charge in [0, 0.05) is 33.6 Å². The number of benzene rings is 2. The van der Waals surface area contributed by atoms with Crippen molar-refractivity contribution >= 4 is 50.4 Å². The number of rotatable bonds is 6. The molecule has 3 heterocycles. The Hall–Kier alpha value is -2.51. The van der Waals surface area contributed by atoms with Crippen LogP contribution in [0, 0.1) is 18.4 Å². The van der Waals surface area contributed by atoms with Crippen molar-refractivity contribution in [3.05, 3.63) is 74.2 Å². The summed E-state index contributed by atoms with van der Waals surface area (Å²) in [5.74, 6) is 0.889. The molecule has 1 N–H and O–H groups in total. The van der Waals surface area contributed by atoms with Crippen LogP contribution < -0.4 is 0 Å². The van der Waals surface area contributed by atoms with Gasteiger partial charge in [-0.1, -0.05) is 40.5 Å². The van der Waals surface area contributed by atoms with E-state index in [1.54, 1.807) is 18.2 Å². The average Bonchev–Trinajstić information content (AvgIpc) is 3.53. The summed E-state index contributed by atoms with van der Waals surface area (Å²) in [4.78, 5) is 8.33. The molecule has 2 unspecified atom stereocenters. The van der Waals surface area contributed by atoms with Crippen molar-refractivity contribution in [1.29, 1.82) is 0 Å². The average molecular weight is 583 g/mol. The standard InChI is InChI=1S/C29H25Cl2N3O4S/c1-32-18-7-8-23-24(11-18)39-28(33-23)29(35)16-9-19(10-17(29)13-36-12-16)37-14-20-26(34-38-27(20)15-5-6-15)25-21(30)3-2-4-22(25)31/h2-4,7-8,11,15-17,19,35H,5-6,9-10,12-14H2. The van der Waals surface area contributed by atoms with E-state index >= 15 is 0 Å². The minimum Gasteiger partial charge on any atom is -0.382 e. The molecule has 2 aliphatic carbocycles. The fraction of sp³-hybridized carbons (Fsp3) is 0.414. The third kappa shape index (κ3) is 4.37. The summed E-state index contributed by atoms with van der Waals surface area (Å²) in [7, 11) is 0. The van der Waals surface area contributed by atoms with Crippen molar-refractivity contribution in [3.8, 4) is 11.3 Å². The largest absolute Gasteiger partial charge is 0.382 e. The highest BCUT2D eigenvalue weighted by molar-refractivity contribution is 7.18. The predicted octanol–water partition coefficient (Wildman–Crippen LogP) is 7.52. The second-order valence-electron chi connectivity index (χ2n) is 10.7. The van der Waals surface area contributed by atoms with Gasteiger partial charge in [0.15, 0.2) is 5.69 Å². The molecule has 2 atom stereocenters. The topological polar surface area (TPSA) is 82.0 Å². The summed E-state index contributed by atoms with van der Waals surface area (Å²) < 4.78 is 19.1. The van der Waals surface area contributed by atoms with Crippen molar-refractivity contribution in [2.24, 2.45) is 11.8 Å². The molecule has 3 fully saturated rings. The van der Waals surface area contributed by atoms with Gasteiger partial charge >= 0.3 is 0 Å². The third-order valence-electron chi connectivity index (χ3n) is 8.25. The molecule has 0 radical (unpaired) electrons. The Labute approximate surface area is 239 Å². The third-order valence-corrected chi connectivity index (χ3v) is 10.0. The maximum absolute atomic E-state index is 12.1. The van der Waals surface area contributed by atoms with Crippen LogP contribution in [0.25, 0.3) is 26.3 Å². The van der Waals surface area contributed by atoms with Crippen LogP contribution in [0.15, 0.2) is 40.9 Å². The Morgan fingerprint density at radius 2 is 1.87 bits per heavy atom. The van der Waals surface area contributed by atoms with Crippen LogP contribution in [0.4, 0.5) is 5.69 Å². The number of nitrogens with zero attached hydrogens (tertiary/aromatic N) is 3. The first-order valence-corrected chi connectivity index (χ1v) is 14.7. The van der Waals surface area contributed by atoms with E-state index in [4.69, 9.17) is 48.8 Å². The molecule has 10 heteroatoms. The van der Waals surface area contributed by atoms with Gasteiger partial charge in [-0.25, -0.2) is 9.83 Å². The van der Waals surface area contributed by atoms with Gasteiger partial charge in [0.2, 0.25) is 0 Å². The van der Waals surface area contributed by atoms with Gasteiger partial charge < -0.3 is 19.1 Å². The minimum atomic E-state index is -1.09. The lowest BCUT2D eigenvalue weighted by Gasteiger charge is -2.50. The first kappa shape index (κ1) is 25.5. The van der Waals surface area contributed by atoms with E-state index in [0.29, 0.717) is 70.6 Å². The molecule has 200 valence electrons. The van der Waals surface area contributed by atoms with Crippen molar-refractivity contribution in [2.75, 3.05) is 13.2 Å². The molecular formula is C29H25Cl2N3O4S. The summed E-state index contributed by atoms with van der Waals surface area (Å²) in [6, 6.07) is 10.9. The molecule has 0 spiro atoms. The molecule has 1 aliphatic heterocycles. The predicted molar refractivity (Wildman–Crippen MR) is 149 cm³/mol. The maximum Gasteiger partial charge on any atom is 0.188 e. The van der Waals surface area contributed by atoms with Crippen molar-refractivity contribution in [1.82, 2.24) is 10.1 Å². The molecule has 39 heavy (non-hydrogen) atoms. The van der Waals surface area contributed by atoms with Crippen LogP contribution in [0.2, 0.25) is 10.0 Å². The number of thiazole rings is 1. The Morgan fingerprint density at radius 3 is 2.56 bits per heavy atom. The van der Waals surface area contributed by atoms with Gasteiger partial charge in [0.1, 0.15) is 22.1 Å². The maximum atomic E-state index is 12.1. The zero-order chi connectivity index (χ0) is 26.7. The first-order valence-electron chi connectivity index (χ1n) is 13.1. The second-order valence-corrected chi connectivity index (χ2v) is 12.5. The Balaban J connectivity index is 1.15. The molecule has 3 aliphatic rings. The van der Waals surface area contributed by atoms with E-state index in [-0.39, 0.29) is 17.9 Å². The van der Waals surface area contributed by atoms with Gasteiger partial charge in [0.05, 0.1) is 48.1 Å². The van der Waals surface area contributed by atoms with Crippen LogP contribution in [0.3, 0.4) is 0 Å². The van der Waals surface area contributed by atoms with Crippen molar-refractivity contribution in [3.63, 3.8) is 0 Å². The lowest BCUT2D eigenvalue weighted by molar-refractivity contribution is -0.209. The van der Waals surface area contributed by atoms with Crippen molar-refractivity contribution in [2.45, 2.75) is 49.9 Å². The molecule has 2 bridgehead atoms. The lowest BCUT2D eigenvalue weighted by atomic mass is 9.66. The smallest absolute Gasteiger partial charge is 0.188 e. The zero-order valence-electron chi connectivity index (χ0n) is 20.9. The summed E-state index contributed by atoms with van der Waals surface area (Å²) in [6.45, 7) is 8.52. The summed E-state index contributed by atoms with van der Waals surface area (Å²) >= 11 is 14.5. The van der Waals surface area contributed by atoms with Crippen LogP contribution in [-0.4, -0.2) is 34.6 Å². The Morgan fingerprint density at radius 1 is 1.13 bits per heavy atom. The molecule has 4 aromatic rings. The second kappa shape index (κ2) is 9.84. The molecule has 7 nitrogen and oxygen atoms in total. The fourth-order valence-corrected chi connectivity index (χ4v) is 7.88. The molecular weight excluding hydrogens is 557 g/mol. The number of hydrogen-bond acceptors (Lipinski definition) is 7. The SMILES string of the molecule is [C-]#[N+]c1ccc2nc(C3(O)C4COCC3CC(OCc3c(-c5c(Cl)cccc5Cl)noc3C3CC3)C4)sc2c1. The molecule has 1 saturated heterocycles. The molecule has 7 rings (SSSR count). The van der Waals surface area contributed by atoms with E-state index in [9.17, 15) is 5.11 Å². The number of ether oxygens (including phenoxy) is 2. The van der Waals surface area contributed by atoms with Crippen LogP contribution in [-0.2, 0) is 21.7 Å². The van der Waals surface area contributed by atoms with Gasteiger partial charge in [-0.05, 0) is 49.9 Å². The monoisotopic (exact) mass is 581 g/mol. The number of aromatic nitrogens is 2. The summed E-state index contributed by atoms with van der Waals surface area (Å²) in [6.07, 6.45) is 3.35. The Bertz CT molecular complexity index is 1570. The fourth-order valence-electron chi connectivity index (χ4n) is 6.06. The number of halogens is 2. The quantitative estimate of drug-likeness (QED) is 0.237. The van der Waals surface area contributed by atoms with Crippen LogP contribution in [0.1, 0.15) is 47.9 Å². The summed E-state index contributed by atoms with van der Waals surface area (Å²) in [5.41, 5.74) is 2.48. The zero-order valence-corrected chi connectivity index (χ0v) is 23.2. The number of hydrogen-bond donors (Lipinski definition) is 1. The van der Waals surface area contributed by atoms with E-state index in [1.165, 1.54) is 11.3 Å². The van der Waals surface area contributed by atoms with E-state index in [2.05, 4.69) is 10.0 Å². The number of aliphatic hydroxyl groups is 1. The molecule has 2 aromatic heterocycles. The normalized spacial score (nSPS) is 26.6. The highest BCUT2D eigenvalue weighted by Gasteiger charge is 2.55. The summed E-state index contributed by atoms with van der Waals surface area (Å²) in [5, 5.41) is 18.2. The van der Waals surface area contributed by atoms with Gasteiger partial charge in [-0.3, -0.25) is 0 Å². The van der Waals surface area contributed by atoms with Crippen LogP contribution >= 0.6 is 34.5 Å². The highest BCUT2D eigenvalue weighted by Crippen LogP contribution is 2.52. The number of fused-ring (bicyclic) bond motifs is 3. The van der Waals surface area contributed by atoms with Gasteiger partial charge in [0.25, 0.3) is 0 Å². The van der Waals surface area contributed by atoms with E-state index < -0.39 is 5.60 Å². The minimum absolute atomic E-state index is 0.0659. The highest BCUT2D eigenvalue weighted by atomic mass is 35.5. The van der Waals surface area contributed by atoms with Gasteiger partial charge in [-0.2, -0.15) is 0 Å². The molecule has 0 amide bonds. The van der Waals surface area contributed by atoms with Gasteiger partial charge in [-0.15, -0.1) is 11.3 Å². The van der Waals surface area contributed by atoms with E-state index in [0.717, 1.165) is 34.4 Å². The lowest BCUT2D eigenvalue weighted by Crippen LogP contribution is -2.55. The van der Waals surface area contributed by atoms with E-state index in [1.807, 2.05) is 18.2 Å². The Kier molecular flexibility index (Phi) is 6.43. The van der Waals surface area contributed by atoms with Crippen molar-refractivity contribution < 1.29 is 19.1 Å². The van der Waals surface area contributed by atoms with Crippen LogP contribution in [0.5, 0.6) is 0 Å².